The van der Waals surface area contributed by atoms with Crippen molar-refractivity contribution in [1.82, 2.24) is 0 Å². The first-order valence-electron chi connectivity index (χ1n) is 6.44. The van der Waals surface area contributed by atoms with Crippen molar-refractivity contribution >= 4 is 12.4 Å². The molecule has 2 aromatic rings. The largest absolute Gasteiger partial charge is 0.496 e. The molecule has 0 spiro atoms. The van der Waals surface area contributed by atoms with Gasteiger partial charge in [-0.15, -0.1) is 12.4 Å². The first-order valence-corrected chi connectivity index (χ1v) is 6.44. The molecular weight excluding hydrogens is 290 g/mol. The van der Waals surface area contributed by atoms with Gasteiger partial charge >= 0.3 is 0 Å². The molecular formula is C16H20ClNO3. The summed E-state index contributed by atoms with van der Waals surface area (Å²) in [7, 11) is 3.28. The van der Waals surface area contributed by atoms with Gasteiger partial charge < -0.3 is 19.9 Å². The SMILES string of the molecule is COc1cc(-c2ccccc2OC)ccc1OCCN.Cl. The average Bonchev–Trinajstić information content (AvgIpc) is 2.52. The van der Waals surface area contributed by atoms with Gasteiger partial charge in [0, 0.05) is 12.1 Å². The minimum absolute atomic E-state index is 0. The van der Waals surface area contributed by atoms with Gasteiger partial charge in [-0.1, -0.05) is 24.3 Å². The van der Waals surface area contributed by atoms with Crippen molar-refractivity contribution in [3.05, 3.63) is 42.5 Å². The van der Waals surface area contributed by atoms with Crippen LogP contribution in [-0.4, -0.2) is 27.4 Å². The molecule has 2 rings (SSSR count). The number of methoxy groups -OCH3 is 2. The van der Waals surface area contributed by atoms with Crippen molar-refractivity contribution in [3.63, 3.8) is 0 Å². The van der Waals surface area contributed by atoms with Crippen molar-refractivity contribution in [1.29, 1.82) is 0 Å². The molecule has 2 N–H and O–H groups in total. The predicted octanol–water partition coefficient (Wildman–Crippen LogP) is 3.13. The summed E-state index contributed by atoms with van der Waals surface area (Å²) in [6.07, 6.45) is 0. The summed E-state index contributed by atoms with van der Waals surface area (Å²) in [5.41, 5.74) is 7.47. The zero-order valence-corrected chi connectivity index (χ0v) is 13.0. The van der Waals surface area contributed by atoms with Gasteiger partial charge in [-0.25, -0.2) is 0 Å². The lowest BCUT2D eigenvalue weighted by Crippen LogP contribution is -2.11. The summed E-state index contributed by atoms with van der Waals surface area (Å²) < 4.78 is 16.3. The van der Waals surface area contributed by atoms with Gasteiger partial charge in [-0.2, -0.15) is 0 Å². The number of rotatable bonds is 6. The predicted molar refractivity (Wildman–Crippen MR) is 86.8 cm³/mol. The normalized spacial score (nSPS) is 9.67. The molecule has 0 aliphatic heterocycles. The maximum atomic E-state index is 5.54. The smallest absolute Gasteiger partial charge is 0.161 e. The number of halogens is 1. The molecule has 0 bridgehead atoms. The zero-order valence-electron chi connectivity index (χ0n) is 12.2. The Labute approximate surface area is 131 Å². The van der Waals surface area contributed by atoms with Crippen molar-refractivity contribution < 1.29 is 14.2 Å². The number of nitrogens with two attached hydrogens (primary N) is 1. The quantitative estimate of drug-likeness (QED) is 0.890. The Kier molecular flexibility index (Phi) is 6.85. The van der Waals surface area contributed by atoms with Crippen molar-refractivity contribution in [3.8, 4) is 28.4 Å². The number of para-hydroxylation sites is 1. The van der Waals surface area contributed by atoms with Crippen LogP contribution in [0.15, 0.2) is 42.5 Å². The highest BCUT2D eigenvalue weighted by Crippen LogP contribution is 2.36. The van der Waals surface area contributed by atoms with Gasteiger partial charge in [0.05, 0.1) is 14.2 Å². The van der Waals surface area contributed by atoms with Crippen molar-refractivity contribution in [2.75, 3.05) is 27.4 Å². The number of ether oxygens (including phenoxy) is 3. The molecule has 5 heteroatoms. The van der Waals surface area contributed by atoms with Crippen molar-refractivity contribution in [2.45, 2.75) is 0 Å². The summed E-state index contributed by atoms with van der Waals surface area (Å²) in [5.74, 6) is 2.20. The summed E-state index contributed by atoms with van der Waals surface area (Å²) in [4.78, 5) is 0. The lowest BCUT2D eigenvalue weighted by Gasteiger charge is -2.13. The average molecular weight is 310 g/mol. The van der Waals surface area contributed by atoms with Crippen LogP contribution in [0, 0.1) is 0 Å². The van der Waals surface area contributed by atoms with Gasteiger partial charge in [0.25, 0.3) is 0 Å². The molecule has 0 atom stereocenters. The molecule has 114 valence electrons. The summed E-state index contributed by atoms with van der Waals surface area (Å²) in [6.45, 7) is 0.932. The Morgan fingerprint density at radius 3 is 2.29 bits per heavy atom. The van der Waals surface area contributed by atoms with Gasteiger partial charge in [0.1, 0.15) is 12.4 Å². The van der Waals surface area contributed by atoms with Crippen LogP contribution in [0.2, 0.25) is 0 Å². The monoisotopic (exact) mass is 309 g/mol. The lowest BCUT2D eigenvalue weighted by atomic mass is 10.0. The Bertz CT molecular complexity index is 575. The molecule has 21 heavy (non-hydrogen) atoms. The third-order valence-electron chi connectivity index (χ3n) is 2.96. The fourth-order valence-corrected chi connectivity index (χ4v) is 2.01. The Balaban J connectivity index is 0.00000220. The standard InChI is InChI=1S/C16H19NO3.ClH/c1-18-14-6-4-3-5-13(14)12-7-8-15(20-10-9-17)16(11-12)19-2;/h3-8,11H,9-10,17H2,1-2H3;1H. The molecule has 0 saturated carbocycles. The Morgan fingerprint density at radius 2 is 1.62 bits per heavy atom. The van der Waals surface area contributed by atoms with Gasteiger partial charge in [0.15, 0.2) is 11.5 Å². The van der Waals surface area contributed by atoms with Gasteiger partial charge in [-0.3, -0.25) is 0 Å². The second-order valence-electron chi connectivity index (χ2n) is 4.20. The fourth-order valence-electron chi connectivity index (χ4n) is 2.01. The van der Waals surface area contributed by atoms with E-state index in [-0.39, 0.29) is 12.4 Å². The van der Waals surface area contributed by atoms with Crippen LogP contribution in [0.1, 0.15) is 0 Å². The minimum Gasteiger partial charge on any atom is -0.496 e. The van der Waals surface area contributed by atoms with E-state index < -0.39 is 0 Å². The Morgan fingerprint density at radius 1 is 0.905 bits per heavy atom. The van der Waals surface area contributed by atoms with Crippen LogP contribution >= 0.6 is 12.4 Å². The third-order valence-corrected chi connectivity index (χ3v) is 2.96. The molecule has 0 fully saturated rings. The maximum Gasteiger partial charge on any atom is 0.161 e. The highest BCUT2D eigenvalue weighted by Gasteiger charge is 2.10. The highest BCUT2D eigenvalue weighted by atomic mass is 35.5. The van der Waals surface area contributed by atoms with E-state index in [9.17, 15) is 0 Å². The first kappa shape index (κ1) is 17.1. The van der Waals surface area contributed by atoms with E-state index in [1.807, 2.05) is 42.5 Å². The van der Waals surface area contributed by atoms with E-state index in [4.69, 9.17) is 19.9 Å². The second-order valence-corrected chi connectivity index (χ2v) is 4.20. The number of hydrogen-bond donors (Lipinski definition) is 1. The van der Waals surface area contributed by atoms with E-state index in [1.54, 1.807) is 14.2 Å². The fraction of sp³-hybridized carbons (Fsp3) is 0.250. The van der Waals surface area contributed by atoms with Crippen LogP contribution in [-0.2, 0) is 0 Å². The summed E-state index contributed by atoms with van der Waals surface area (Å²) >= 11 is 0. The van der Waals surface area contributed by atoms with Crippen LogP contribution in [0.3, 0.4) is 0 Å². The van der Waals surface area contributed by atoms with Gasteiger partial charge in [-0.05, 0) is 23.8 Å². The molecule has 0 unspecified atom stereocenters. The maximum absolute atomic E-state index is 5.54. The van der Waals surface area contributed by atoms with E-state index in [1.165, 1.54) is 0 Å². The van der Waals surface area contributed by atoms with Crippen LogP contribution in [0.5, 0.6) is 17.2 Å². The summed E-state index contributed by atoms with van der Waals surface area (Å²) in [6, 6.07) is 13.7. The molecule has 0 aliphatic rings. The van der Waals surface area contributed by atoms with E-state index in [0.29, 0.717) is 24.7 Å². The Hall–Kier alpha value is -1.91. The second kappa shape index (κ2) is 8.39. The molecule has 0 heterocycles. The molecule has 2 aromatic carbocycles. The summed E-state index contributed by atoms with van der Waals surface area (Å²) in [5, 5.41) is 0. The van der Waals surface area contributed by atoms with Crippen molar-refractivity contribution in [2.24, 2.45) is 5.73 Å². The molecule has 0 saturated heterocycles. The lowest BCUT2D eigenvalue weighted by molar-refractivity contribution is 0.302. The number of hydrogen-bond acceptors (Lipinski definition) is 4. The molecule has 4 nitrogen and oxygen atoms in total. The number of benzene rings is 2. The van der Waals surface area contributed by atoms with Gasteiger partial charge in [0.2, 0.25) is 0 Å². The molecule has 0 amide bonds. The third kappa shape index (κ3) is 4.03. The van der Waals surface area contributed by atoms with Crippen LogP contribution in [0.25, 0.3) is 11.1 Å². The highest BCUT2D eigenvalue weighted by molar-refractivity contribution is 5.85. The van der Waals surface area contributed by atoms with E-state index in [0.717, 1.165) is 16.9 Å². The van der Waals surface area contributed by atoms with E-state index in [2.05, 4.69) is 0 Å². The molecule has 0 aromatic heterocycles. The molecule has 0 aliphatic carbocycles. The van der Waals surface area contributed by atoms with Crippen LogP contribution in [0.4, 0.5) is 0 Å². The minimum atomic E-state index is 0. The van der Waals surface area contributed by atoms with Crippen LogP contribution < -0.4 is 19.9 Å². The topological polar surface area (TPSA) is 53.7 Å². The van der Waals surface area contributed by atoms with E-state index >= 15 is 0 Å². The zero-order chi connectivity index (χ0) is 14.4. The molecule has 0 radical (unpaired) electrons. The first-order chi connectivity index (χ1) is 9.80.